The lowest BCUT2D eigenvalue weighted by Gasteiger charge is -2.19. The van der Waals surface area contributed by atoms with Crippen molar-refractivity contribution in [3.05, 3.63) is 35.4 Å². The molecule has 0 heterocycles. The van der Waals surface area contributed by atoms with Crippen LogP contribution in [0.3, 0.4) is 0 Å². The Balaban J connectivity index is 2.31. The van der Waals surface area contributed by atoms with Gasteiger partial charge >= 0.3 is 5.97 Å². The van der Waals surface area contributed by atoms with Gasteiger partial charge in [-0.25, -0.2) is 0 Å². The fourth-order valence-electron chi connectivity index (χ4n) is 1.99. The van der Waals surface area contributed by atoms with Crippen LogP contribution in [-0.4, -0.2) is 23.5 Å². The van der Waals surface area contributed by atoms with Crippen LogP contribution in [0.5, 0.6) is 0 Å². The standard InChI is InChI=1S/C17H25NO3/c1-17(2,3)14-9-6-13(7-10-14)8-11-15(19)18-12-4-5-16(20)21/h6-7,9-10H,4-5,8,11-12H2,1-3H3,(H,18,19)(H,20,21). The minimum absolute atomic E-state index is 0.0275. The Morgan fingerprint density at radius 3 is 2.24 bits per heavy atom. The van der Waals surface area contributed by atoms with Crippen molar-refractivity contribution in [2.75, 3.05) is 6.54 Å². The monoisotopic (exact) mass is 291 g/mol. The van der Waals surface area contributed by atoms with E-state index in [4.69, 9.17) is 5.11 Å². The summed E-state index contributed by atoms with van der Waals surface area (Å²) in [6, 6.07) is 8.36. The highest BCUT2D eigenvalue weighted by atomic mass is 16.4. The topological polar surface area (TPSA) is 66.4 Å². The first-order chi connectivity index (χ1) is 9.79. The second kappa shape index (κ2) is 7.81. The number of benzene rings is 1. The van der Waals surface area contributed by atoms with Crippen molar-refractivity contribution in [2.45, 2.75) is 51.9 Å². The lowest BCUT2D eigenvalue weighted by Crippen LogP contribution is -2.25. The van der Waals surface area contributed by atoms with E-state index in [1.165, 1.54) is 5.56 Å². The Hall–Kier alpha value is -1.84. The zero-order valence-electron chi connectivity index (χ0n) is 13.1. The highest BCUT2D eigenvalue weighted by Gasteiger charge is 2.12. The molecule has 0 aliphatic rings. The summed E-state index contributed by atoms with van der Waals surface area (Å²) in [4.78, 5) is 22.0. The third kappa shape index (κ3) is 6.93. The van der Waals surface area contributed by atoms with Gasteiger partial charge in [-0.2, -0.15) is 0 Å². The van der Waals surface area contributed by atoms with Crippen molar-refractivity contribution >= 4 is 11.9 Å². The minimum atomic E-state index is -0.830. The number of carbonyl (C=O) groups is 2. The highest BCUT2D eigenvalue weighted by molar-refractivity contribution is 5.76. The molecule has 4 nitrogen and oxygen atoms in total. The van der Waals surface area contributed by atoms with Crippen molar-refractivity contribution in [2.24, 2.45) is 0 Å². The van der Waals surface area contributed by atoms with E-state index in [1.54, 1.807) is 0 Å². The summed E-state index contributed by atoms with van der Waals surface area (Å²) >= 11 is 0. The average molecular weight is 291 g/mol. The van der Waals surface area contributed by atoms with Crippen molar-refractivity contribution in [1.82, 2.24) is 5.32 Å². The smallest absolute Gasteiger partial charge is 0.303 e. The predicted molar refractivity (Wildman–Crippen MR) is 83.3 cm³/mol. The third-order valence-corrected chi connectivity index (χ3v) is 3.35. The Morgan fingerprint density at radius 2 is 1.71 bits per heavy atom. The molecular weight excluding hydrogens is 266 g/mol. The molecule has 1 aromatic rings. The molecule has 0 aromatic heterocycles. The predicted octanol–water partition coefficient (Wildman–Crippen LogP) is 2.90. The minimum Gasteiger partial charge on any atom is -0.481 e. The van der Waals surface area contributed by atoms with Gasteiger partial charge in [-0.1, -0.05) is 45.0 Å². The molecule has 0 saturated carbocycles. The molecule has 0 aliphatic heterocycles. The molecule has 0 atom stereocenters. The summed E-state index contributed by atoms with van der Waals surface area (Å²) in [6.45, 7) is 6.94. The molecule has 1 amide bonds. The van der Waals surface area contributed by atoms with E-state index >= 15 is 0 Å². The lowest BCUT2D eigenvalue weighted by atomic mass is 9.86. The number of nitrogens with one attached hydrogen (secondary N) is 1. The van der Waals surface area contributed by atoms with Gasteiger partial charge < -0.3 is 10.4 Å². The summed E-state index contributed by atoms with van der Waals surface area (Å²) in [5, 5.41) is 11.2. The number of hydrogen-bond donors (Lipinski definition) is 2. The lowest BCUT2D eigenvalue weighted by molar-refractivity contribution is -0.137. The van der Waals surface area contributed by atoms with Gasteiger partial charge in [0.2, 0.25) is 5.91 Å². The van der Waals surface area contributed by atoms with Crippen LogP contribution in [0.25, 0.3) is 0 Å². The van der Waals surface area contributed by atoms with Gasteiger partial charge in [0, 0.05) is 19.4 Å². The van der Waals surface area contributed by atoms with Gasteiger partial charge in [-0.3, -0.25) is 9.59 Å². The largest absolute Gasteiger partial charge is 0.481 e. The maximum atomic E-state index is 11.6. The molecule has 0 unspecified atom stereocenters. The summed E-state index contributed by atoms with van der Waals surface area (Å²) in [5.74, 6) is -0.858. The van der Waals surface area contributed by atoms with Crippen molar-refractivity contribution in [1.29, 1.82) is 0 Å². The molecule has 1 aromatic carbocycles. The van der Waals surface area contributed by atoms with Crippen LogP contribution in [0.15, 0.2) is 24.3 Å². The summed E-state index contributed by atoms with van der Waals surface area (Å²) in [7, 11) is 0. The SMILES string of the molecule is CC(C)(C)c1ccc(CCC(=O)NCCCC(=O)O)cc1. The number of amides is 1. The van der Waals surface area contributed by atoms with Crippen LogP contribution in [0.4, 0.5) is 0 Å². The Labute approximate surface area is 126 Å². The van der Waals surface area contributed by atoms with Gasteiger partial charge in [0.25, 0.3) is 0 Å². The number of aliphatic carboxylic acids is 1. The molecule has 1 rings (SSSR count). The quantitative estimate of drug-likeness (QED) is 0.759. The fraction of sp³-hybridized carbons (Fsp3) is 0.529. The molecule has 116 valence electrons. The Kier molecular flexibility index (Phi) is 6.40. The number of hydrogen-bond acceptors (Lipinski definition) is 2. The van der Waals surface area contributed by atoms with Crippen LogP contribution in [0.2, 0.25) is 0 Å². The number of rotatable bonds is 7. The molecule has 0 bridgehead atoms. The van der Waals surface area contributed by atoms with E-state index in [0.29, 0.717) is 25.8 Å². The van der Waals surface area contributed by atoms with Crippen LogP contribution in [-0.2, 0) is 21.4 Å². The van der Waals surface area contributed by atoms with Crippen LogP contribution < -0.4 is 5.32 Å². The third-order valence-electron chi connectivity index (χ3n) is 3.35. The normalized spacial score (nSPS) is 11.2. The molecule has 4 heteroatoms. The first kappa shape index (κ1) is 17.2. The van der Waals surface area contributed by atoms with Gasteiger partial charge in [0.15, 0.2) is 0 Å². The molecule has 2 N–H and O–H groups in total. The van der Waals surface area contributed by atoms with E-state index in [0.717, 1.165) is 5.56 Å². The van der Waals surface area contributed by atoms with Crippen LogP contribution >= 0.6 is 0 Å². The summed E-state index contributed by atoms with van der Waals surface area (Å²) in [6.07, 6.45) is 1.70. The van der Waals surface area contributed by atoms with Gasteiger partial charge in [-0.15, -0.1) is 0 Å². The Morgan fingerprint density at radius 1 is 1.10 bits per heavy atom. The first-order valence-electron chi connectivity index (χ1n) is 7.37. The fourth-order valence-corrected chi connectivity index (χ4v) is 1.99. The van der Waals surface area contributed by atoms with E-state index in [9.17, 15) is 9.59 Å². The number of carboxylic acid groups (broad SMARTS) is 1. The van der Waals surface area contributed by atoms with Gasteiger partial charge in [0.05, 0.1) is 0 Å². The molecule has 21 heavy (non-hydrogen) atoms. The van der Waals surface area contributed by atoms with Crippen molar-refractivity contribution in [3.63, 3.8) is 0 Å². The van der Waals surface area contributed by atoms with E-state index in [-0.39, 0.29) is 17.7 Å². The summed E-state index contributed by atoms with van der Waals surface area (Å²) < 4.78 is 0. The molecule has 0 spiro atoms. The number of carbonyl (C=O) groups excluding carboxylic acids is 1. The number of aryl methyl sites for hydroxylation is 1. The average Bonchev–Trinajstić information content (AvgIpc) is 2.40. The maximum absolute atomic E-state index is 11.6. The zero-order chi connectivity index (χ0) is 15.9. The zero-order valence-corrected chi connectivity index (χ0v) is 13.1. The molecule has 0 aliphatic carbocycles. The second-order valence-corrected chi connectivity index (χ2v) is 6.29. The highest BCUT2D eigenvalue weighted by Crippen LogP contribution is 2.22. The van der Waals surface area contributed by atoms with Gasteiger partial charge in [0.1, 0.15) is 0 Å². The number of carboxylic acids is 1. The van der Waals surface area contributed by atoms with Crippen molar-refractivity contribution in [3.8, 4) is 0 Å². The van der Waals surface area contributed by atoms with Crippen LogP contribution in [0.1, 0.15) is 51.2 Å². The Bertz CT molecular complexity index is 472. The molecule has 0 radical (unpaired) electrons. The van der Waals surface area contributed by atoms with E-state index in [2.05, 4.69) is 50.4 Å². The van der Waals surface area contributed by atoms with Crippen LogP contribution in [0, 0.1) is 0 Å². The van der Waals surface area contributed by atoms with E-state index < -0.39 is 5.97 Å². The maximum Gasteiger partial charge on any atom is 0.303 e. The molecule has 0 fully saturated rings. The second-order valence-electron chi connectivity index (χ2n) is 6.29. The van der Waals surface area contributed by atoms with E-state index in [1.807, 2.05) is 0 Å². The first-order valence-corrected chi connectivity index (χ1v) is 7.37. The molecule has 0 saturated heterocycles. The van der Waals surface area contributed by atoms with Gasteiger partial charge in [-0.05, 0) is 29.4 Å². The molecular formula is C17H25NO3. The summed E-state index contributed by atoms with van der Waals surface area (Å²) in [5.41, 5.74) is 2.56. The van der Waals surface area contributed by atoms with Crippen molar-refractivity contribution < 1.29 is 14.7 Å².